The molecule has 0 bridgehead atoms. The molecule has 88 valence electrons. The van der Waals surface area contributed by atoms with Crippen molar-refractivity contribution >= 4 is 16.4 Å². The Balaban J connectivity index is 2.87. The van der Waals surface area contributed by atoms with Crippen molar-refractivity contribution in [1.29, 1.82) is 0 Å². The maximum absolute atomic E-state index is 10.6. The number of hydrogen-bond acceptors (Lipinski definition) is 4. The van der Waals surface area contributed by atoms with Gasteiger partial charge in [-0.05, 0) is 24.6 Å². The minimum Gasteiger partial charge on any atom is -0.481 e. The predicted octanol–water partition coefficient (Wildman–Crippen LogP) is 1.06. The van der Waals surface area contributed by atoms with Crippen LogP contribution in [0.4, 0.5) is 0 Å². The number of aliphatic carboxylic acids is 1. The number of carboxylic acid groups (broad SMARTS) is 1. The normalized spacial score (nSPS) is 13.1. The van der Waals surface area contributed by atoms with Crippen LogP contribution in [0.1, 0.15) is 18.4 Å². The summed E-state index contributed by atoms with van der Waals surface area (Å²) in [7, 11) is -4.54. The van der Waals surface area contributed by atoms with Gasteiger partial charge < -0.3 is 9.29 Å². The van der Waals surface area contributed by atoms with Gasteiger partial charge in [-0.2, -0.15) is 8.42 Å². The van der Waals surface area contributed by atoms with Crippen molar-refractivity contribution < 1.29 is 27.1 Å². The second-order valence-corrected chi connectivity index (χ2v) is 4.16. The standard InChI is InChI=1S/C9H10O6S/c1-6(9(10)11)7-2-4-8(5-3-7)15-16(12,13)14/h2-6H,1H3,(H,10,11)(H,12,13,14). The zero-order valence-corrected chi connectivity index (χ0v) is 9.14. The fraction of sp³-hybridized carbons (Fsp3) is 0.222. The minimum atomic E-state index is -4.54. The Morgan fingerprint density at radius 1 is 1.31 bits per heavy atom. The molecule has 6 nitrogen and oxygen atoms in total. The molecule has 7 heteroatoms. The Morgan fingerprint density at radius 2 is 1.81 bits per heavy atom. The third-order valence-corrected chi connectivity index (χ3v) is 2.36. The molecule has 16 heavy (non-hydrogen) atoms. The lowest BCUT2D eigenvalue weighted by molar-refractivity contribution is -0.138. The first-order valence-electron chi connectivity index (χ1n) is 4.29. The largest absolute Gasteiger partial charge is 0.481 e. The first-order valence-corrected chi connectivity index (χ1v) is 5.66. The van der Waals surface area contributed by atoms with Crippen LogP contribution in [0.15, 0.2) is 24.3 Å². The van der Waals surface area contributed by atoms with E-state index in [1.54, 1.807) is 0 Å². The molecule has 0 fully saturated rings. The van der Waals surface area contributed by atoms with E-state index in [0.29, 0.717) is 5.56 Å². The van der Waals surface area contributed by atoms with E-state index >= 15 is 0 Å². The fourth-order valence-electron chi connectivity index (χ4n) is 1.08. The maximum Gasteiger partial charge on any atom is 0.446 e. The van der Waals surface area contributed by atoms with E-state index in [-0.39, 0.29) is 5.75 Å². The van der Waals surface area contributed by atoms with Crippen molar-refractivity contribution in [3.8, 4) is 5.75 Å². The highest BCUT2D eigenvalue weighted by atomic mass is 32.3. The molecule has 1 atom stereocenters. The van der Waals surface area contributed by atoms with E-state index in [2.05, 4.69) is 4.18 Å². The van der Waals surface area contributed by atoms with E-state index in [1.165, 1.54) is 31.2 Å². The van der Waals surface area contributed by atoms with Crippen molar-refractivity contribution in [3.63, 3.8) is 0 Å². The van der Waals surface area contributed by atoms with Crippen molar-refractivity contribution in [3.05, 3.63) is 29.8 Å². The SMILES string of the molecule is CC(C(=O)O)c1ccc(OS(=O)(=O)O)cc1. The van der Waals surface area contributed by atoms with Gasteiger partial charge in [0.15, 0.2) is 0 Å². The minimum absolute atomic E-state index is 0.0798. The van der Waals surface area contributed by atoms with Gasteiger partial charge in [0.05, 0.1) is 5.92 Å². The number of hydrogen-bond donors (Lipinski definition) is 2. The highest BCUT2D eigenvalue weighted by Crippen LogP contribution is 2.20. The maximum atomic E-state index is 10.6. The topological polar surface area (TPSA) is 101 Å². The average Bonchev–Trinajstić information content (AvgIpc) is 2.15. The van der Waals surface area contributed by atoms with Gasteiger partial charge in [-0.15, -0.1) is 0 Å². The second-order valence-electron chi connectivity index (χ2n) is 3.14. The third kappa shape index (κ3) is 3.52. The summed E-state index contributed by atoms with van der Waals surface area (Å²) in [5.41, 5.74) is 0.509. The lowest BCUT2D eigenvalue weighted by atomic mass is 10.0. The third-order valence-electron chi connectivity index (χ3n) is 1.95. The molecule has 1 aromatic rings. The Morgan fingerprint density at radius 3 is 2.19 bits per heavy atom. The molecule has 0 spiro atoms. The van der Waals surface area contributed by atoms with Crippen LogP contribution in [0.3, 0.4) is 0 Å². The van der Waals surface area contributed by atoms with Gasteiger partial charge in [0.2, 0.25) is 0 Å². The molecule has 0 aliphatic rings. The van der Waals surface area contributed by atoms with Crippen molar-refractivity contribution in [2.75, 3.05) is 0 Å². The van der Waals surface area contributed by atoms with E-state index < -0.39 is 22.3 Å². The van der Waals surface area contributed by atoms with E-state index in [1.807, 2.05) is 0 Å². The number of rotatable bonds is 4. The molecule has 0 amide bonds. The highest BCUT2D eigenvalue weighted by Gasteiger charge is 2.14. The fourth-order valence-corrected chi connectivity index (χ4v) is 1.43. The molecule has 0 aliphatic carbocycles. The van der Waals surface area contributed by atoms with Crippen molar-refractivity contribution in [2.24, 2.45) is 0 Å². The Hall–Kier alpha value is -1.60. The van der Waals surface area contributed by atoms with Gasteiger partial charge in [0, 0.05) is 0 Å². The molecule has 0 radical (unpaired) electrons. The summed E-state index contributed by atoms with van der Waals surface area (Å²) in [5.74, 6) is -1.76. The molecule has 1 unspecified atom stereocenters. The molecule has 0 aromatic heterocycles. The Bertz CT molecular complexity index is 475. The van der Waals surface area contributed by atoms with E-state index in [0.717, 1.165) is 0 Å². The number of benzene rings is 1. The molecule has 1 rings (SSSR count). The zero-order chi connectivity index (χ0) is 12.3. The van der Waals surface area contributed by atoms with Crippen LogP contribution < -0.4 is 4.18 Å². The van der Waals surface area contributed by atoms with Crippen LogP contribution in [-0.4, -0.2) is 24.0 Å². The van der Waals surface area contributed by atoms with Crippen LogP contribution in [0.5, 0.6) is 5.75 Å². The van der Waals surface area contributed by atoms with Crippen LogP contribution >= 0.6 is 0 Å². The summed E-state index contributed by atoms with van der Waals surface area (Å²) in [4.78, 5) is 10.6. The Kier molecular flexibility index (Phi) is 3.51. The molecule has 0 saturated heterocycles. The molecular formula is C9H10O6S. The first kappa shape index (κ1) is 12.5. The monoisotopic (exact) mass is 246 g/mol. The predicted molar refractivity (Wildman–Crippen MR) is 54.7 cm³/mol. The van der Waals surface area contributed by atoms with E-state index in [9.17, 15) is 13.2 Å². The molecule has 1 aromatic carbocycles. The summed E-state index contributed by atoms with van der Waals surface area (Å²) < 4.78 is 33.3. The quantitative estimate of drug-likeness (QED) is 0.770. The molecule has 0 aliphatic heterocycles. The lowest BCUT2D eigenvalue weighted by Gasteiger charge is -2.07. The van der Waals surface area contributed by atoms with Gasteiger partial charge >= 0.3 is 16.4 Å². The summed E-state index contributed by atoms with van der Waals surface area (Å²) in [6.45, 7) is 1.50. The summed E-state index contributed by atoms with van der Waals surface area (Å²) >= 11 is 0. The zero-order valence-electron chi connectivity index (χ0n) is 8.32. The van der Waals surface area contributed by atoms with Gasteiger partial charge in [-0.3, -0.25) is 9.35 Å². The summed E-state index contributed by atoms with van der Waals surface area (Å²) in [5, 5.41) is 8.72. The smallest absolute Gasteiger partial charge is 0.446 e. The number of carbonyl (C=O) groups is 1. The summed E-state index contributed by atoms with van der Waals surface area (Å²) in [6.07, 6.45) is 0. The van der Waals surface area contributed by atoms with Crippen LogP contribution in [0, 0.1) is 0 Å². The summed E-state index contributed by atoms with van der Waals surface area (Å²) in [6, 6.07) is 5.36. The molecule has 0 heterocycles. The Labute approximate surface area is 92.4 Å². The van der Waals surface area contributed by atoms with Crippen LogP contribution in [0.25, 0.3) is 0 Å². The molecule has 2 N–H and O–H groups in total. The number of carboxylic acids is 1. The molecule has 0 saturated carbocycles. The second kappa shape index (κ2) is 4.50. The van der Waals surface area contributed by atoms with Crippen LogP contribution in [0.2, 0.25) is 0 Å². The van der Waals surface area contributed by atoms with Crippen LogP contribution in [-0.2, 0) is 15.2 Å². The van der Waals surface area contributed by atoms with Crippen molar-refractivity contribution in [2.45, 2.75) is 12.8 Å². The van der Waals surface area contributed by atoms with Crippen molar-refractivity contribution in [1.82, 2.24) is 0 Å². The van der Waals surface area contributed by atoms with Gasteiger partial charge in [0.1, 0.15) is 5.75 Å². The van der Waals surface area contributed by atoms with Gasteiger partial charge in [0.25, 0.3) is 0 Å². The lowest BCUT2D eigenvalue weighted by Crippen LogP contribution is -2.08. The molecular weight excluding hydrogens is 236 g/mol. The first-order chi connectivity index (χ1) is 7.29. The van der Waals surface area contributed by atoms with Gasteiger partial charge in [-0.1, -0.05) is 12.1 Å². The average molecular weight is 246 g/mol. The van der Waals surface area contributed by atoms with Gasteiger partial charge in [-0.25, -0.2) is 0 Å². The highest BCUT2D eigenvalue weighted by molar-refractivity contribution is 7.81. The van der Waals surface area contributed by atoms with E-state index in [4.69, 9.17) is 9.66 Å².